The summed E-state index contributed by atoms with van der Waals surface area (Å²) >= 11 is 0. The number of hydrogen-bond donors (Lipinski definition) is 1. The summed E-state index contributed by atoms with van der Waals surface area (Å²) in [6.45, 7) is -0.00919. The Bertz CT molecular complexity index is 350. The maximum absolute atomic E-state index is 12.4. The van der Waals surface area contributed by atoms with Crippen molar-refractivity contribution >= 4 is 0 Å². The number of aromatic nitrogens is 2. The van der Waals surface area contributed by atoms with Gasteiger partial charge >= 0.3 is 6.18 Å². The maximum Gasteiger partial charge on any atom is 0.393 e. The Kier molecular flexibility index (Phi) is 2.92. The van der Waals surface area contributed by atoms with Crippen molar-refractivity contribution in [1.82, 2.24) is 15.1 Å². The lowest BCUT2D eigenvalue weighted by molar-refractivity contribution is -0.179. The second-order valence-electron chi connectivity index (χ2n) is 4.19. The predicted octanol–water partition coefficient (Wildman–Crippen LogP) is 2.02. The van der Waals surface area contributed by atoms with Gasteiger partial charge in [0.2, 0.25) is 0 Å². The molecule has 2 atom stereocenters. The van der Waals surface area contributed by atoms with E-state index in [1.165, 1.54) is 0 Å². The van der Waals surface area contributed by atoms with Crippen molar-refractivity contribution in [3.63, 3.8) is 0 Å². The third-order valence-corrected chi connectivity index (χ3v) is 2.97. The van der Waals surface area contributed by atoms with E-state index in [2.05, 4.69) is 10.4 Å². The van der Waals surface area contributed by atoms with E-state index in [0.29, 0.717) is 6.42 Å². The van der Waals surface area contributed by atoms with Crippen molar-refractivity contribution in [3.8, 4) is 0 Å². The molecule has 2 rings (SSSR count). The molecule has 16 heavy (non-hydrogen) atoms. The Morgan fingerprint density at radius 3 is 2.62 bits per heavy atom. The highest BCUT2D eigenvalue weighted by Gasteiger charge is 2.41. The lowest BCUT2D eigenvalue weighted by Crippen LogP contribution is -2.40. The Morgan fingerprint density at radius 1 is 1.44 bits per heavy atom. The molecule has 0 aromatic carbocycles. The molecule has 0 amide bonds. The Hall–Kier alpha value is -1.04. The number of piperidine rings is 1. The van der Waals surface area contributed by atoms with E-state index in [0.717, 1.165) is 5.69 Å². The third-order valence-electron chi connectivity index (χ3n) is 2.97. The van der Waals surface area contributed by atoms with E-state index in [1.807, 2.05) is 6.07 Å². The van der Waals surface area contributed by atoms with Crippen LogP contribution in [0.1, 0.15) is 24.6 Å². The van der Waals surface area contributed by atoms with Gasteiger partial charge < -0.3 is 5.32 Å². The van der Waals surface area contributed by atoms with Gasteiger partial charge in [-0.1, -0.05) is 0 Å². The van der Waals surface area contributed by atoms with Crippen molar-refractivity contribution in [2.45, 2.75) is 25.1 Å². The van der Waals surface area contributed by atoms with E-state index in [1.54, 1.807) is 17.9 Å². The molecule has 1 aliphatic rings. The van der Waals surface area contributed by atoms with Gasteiger partial charge in [-0.3, -0.25) is 4.68 Å². The number of halogens is 3. The third kappa shape index (κ3) is 2.37. The van der Waals surface area contributed by atoms with Crippen LogP contribution in [0.5, 0.6) is 0 Å². The SMILES string of the molecule is Cn1ccc(C2CCC(C(F)(F)F)CN2)n1. The summed E-state index contributed by atoms with van der Waals surface area (Å²) in [5.74, 6) is -1.22. The van der Waals surface area contributed by atoms with Crippen LogP contribution < -0.4 is 5.32 Å². The zero-order valence-electron chi connectivity index (χ0n) is 8.96. The van der Waals surface area contributed by atoms with Crippen LogP contribution in [0.2, 0.25) is 0 Å². The number of alkyl halides is 3. The summed E-state index contributed by atoms with van der Waals surface area (Å²) in [7, 11) is 1.80. The summed E-state index contributed by atoms with van der Waals surface area (Å²) < 4.78 is 38.9. The van der Waals surface area contributed by atoms with Gasteiger partial charge in [0, 0.05) is 19.8 Å². The van der Waals surface area contributed by atoms with Crippen LogP contribution in [0, 0.1) is 5.92 Å². The van der Waals surface area contributed by atoms with Gasteiger partial charge in [-0.05, 0) is 18.9 Å². The van der Waals surface area contributed by atoms with Crippen molar-refractivity contribution < 1.29 is 13.2 Å². The summed E-state index contributed by atoms with van der Waals surface area (Å²) in [5.41, 5.74) is 0.822. The van der Waals surface area contributed by atoms with Gasteiger partial charge in [0.15, 0.2) is 0 Å². The first kappa shape index (κ1) is 11.4. The van der Waals surface area contributed by atoms with E-state index >= 15 is 0 Å². The fourth-order valence-corrected chi connectivity index (χ4v) is 2.01. The molecule has 1 aromatic rings. The minimum atomic E-state index is -4.08. The molecule has 2 heterocycles. The molecule has 2 unspecified atom stereocenters. The summed E-state index contributed by atoms with van der Waals surface area (Å²) in [6, 6.07) is 1.80. The molecule has 0 aliphatic carbocycles. The number of rotatable bonds is 1. The normalized spacial score (nSPS) is 27.0. The van der Waals surface area contributed by atoms with Crippen LogP contribution in [-0.2, 0) is 7.05 Å². The van der Waals surface area contributed by atoms with Gasteiger partial charge in [0.1, 0.15) is 0 Å². The topological polar surface area (TPSA) is 29.9 Å². The summed E-state index contributed by atoms with van der Waals surface area (Å²) in [6.07, 6.45) is -1.62. The van der Waals surface area contributed by atoms with Crippen LogP contribution in [0.3, 0.4) is 0 Å². The fourth-order valence-electron chi connectivity index (χ4n) is 2.01. The molecule has 1 aromatic heterocycles. The number of hydrogen-bond acceptors (Lipinski definition) is 2. The van der Waals surface area contributed by atoms with Crippen molar-refractivity contribution in [1.29, 1.82) is 0 Å². The van der Waals surface area contributed by atoms with Gasteiger partial charge in [0.25, 0.3) is 0 Å². The summed E-state index contributed by atoms with van der Waals surface area (Å²) in [5, 5.41) is 7.10. The molecule has 0 bridgehead atoms. The van der Waals surface area contributed by atoms with Gasteiger partial charge in [-0.15, -0.1) is 0 Å². The van der Waals surface area contributed by atoms with Crippen LogP contribution in [-0.4, -0.2) is 22.5 Å². The minimum Gasteiger partial charge on any atom is -0.308 e. The van der Waals surface area contributed by atoms with Crippen molar-refractivity contribution in [3.05, 3.63) is 18.0 Å². The van der Waals surface area contributed by atoms with Crippen LogP contribution >= 0.6 is 0 Å². The van der Waals surface area contributed by atoms with E-state index < -0.39 is 12.1 Å². The number of nitrogens with one attached hydrogen (secondary N) is 1. The average Bonchev–Trinajstić information content (AvgIpc) is 2.64. The van der Waals surface area contributed by atoms with E-state index in [9.17, 15) is 13.2 Å². The monoisotopic (exact) mass is 233 g/mol. The molecule has 1 aliphatic heterocycles. The maximum atomic E-state index is 12.4. The molecule has 3 nitrogen and oxygen atoms in total. The highest BCUT2D eigenvalue weighted by Crippen LogP contribution is 2.34. The molecule has 0 radical (unpaired) electrons. The molecule has 90 valence electrons. The molecular weight excluding hydrogens is 219 g/mol. The van der Waals surface area contributed by atoms with Crippen molar-refractivity contribution in [2.24, 2.45) is 13.0 Å². The smallest absolute Gasteiger partial charge is 0.308 e. The van der Waals surface area contributed by atoms with Gasteiger partial charge in [-0.25, -0.2) is 0 Å². The van der Waals surface area contributed by atoms with Gasteiger partial charge in [-0.2, -0.15) is 18.3 Å². The zero-order chi connectivity index (χ0) is 11.8. The van der Waals surface area contributed by atoms with E-state index in [4.69, 9.17) is 0 Å². The lowest BCUT2D eigenvalue weighted by Gasteiger charge is -2.30. The second kappa shape index (κ2) is 4.08. The number of nitrogens with zero attached hydrogens (tertiary/aromatic N) is 2. The first-order chi connectivity index (χ1) is 7.47. The molecular formula is C10H14F3N3. The molecule has 1 fully saturated rings. The standard InChI is InChI=1S/C10H14F3N3/c1-16-5-4-9(15-16)8-3-2-7(6-14-8)10(11,12)13/h4-5,7-8,14H,2-3,6H2,1H3. The number of aryl methyl sites for hydroxylation is 1. The first-order valence-electron chi connectivity index (χ1n) is 5.26. The Balaban J connectivity index is 1.95. The minimum absolute atomic E-state index is 0.00919. The van der Waals surface area contributed by atoms with Crippen LogP contribution in [0.4, 0.5) is 13.2 Å². The molecule has 6 heteroatoms. The largest absolute Gasteiger partial charge is 0.393 e. The zero-order valence-corrected chi connectivity index (χ0v) is 8.96. The predicted molar refractivity (Wildman–Crippen MR) is 52.7 cm³/mol. The molecule has 0 saturated carbocycles. The van der Waals surface area contributed by atoms with Crippen LogP contribution in [0.25, 0.3) is 0 Å². The van der Waals surface area contributed by atoms with E-state index in [-0.39, 0.29) is 19.0 Å². The van der Waals surface area contributed by atoms with Crippen LogP contribution in [0.15, 0.2) is 12.3 Å². The fraction of sp³-hybridized carbons (Fsp3) is 0.700. The van der Waals surface area contributed by atoms with Gasteiger partial charge in [0.05, 0.1) is 17.7 Å². The highest BCUT2D eigenvalue weighted by atomic mass is 19.4. The Labute approximate surface area is 91.6 Å². The van der Waals surface area contributed by atoms with Crippen molar-refractivity contribution in [2.75, 3.05) is 6.54 Å². The molecule has 1 saturated heterocycles. The quantitative estimate of drug-likeness (QED) is 0.804. The average molecular weight is 233 g/mol. The second-order valence-corrected chi connectivity index (χ2v) is 4.19. The summed E-state index contributed by atoms with van der Waals surface area (Å²) in [4.78, 5) is 0. The molecule has 1 N–H and O–H groups in total. The Morgan fingerprint density at radius 2 is 2.19 bits per heavy atom. The first-order valence-corrected chi connectivity index (χ1v) is 5.26. The molecule has 0 spiro atoms. The highest BCUT2D eigenvalue weighted by molar-refractivity contribution is 5.06. The lowest BCUT2D eigenvalue weighted by atomic mass is 9.93.